The van der Waals surface area contributed by atoms with E-state index in [0.29, 0.717) is 5.02 Å². The van der Waals surface area contributed by atoms with E-state index in [9.17, 15) is 4.79 Å². The van der Waals surface area contributed by atoms with E-state index in [1.165, 1.54) is 7.11 Å². The molecular weight excluding hydrogens is 269 g/mol. The van der Waals surface area contributed by atoms with Crippen LogP contribution in [0.4, 0.5) is 5.69 Å². The number of hydrogen-bond acceptors (Lipinski definition) is 3. The van der Waals surface area contributed by atoms with Crippen LogP contribution in [0.1, 0.15) is 0 Å². The summed E-state index contributed by atoms with van der Waals surface area (Å²) in [6, 6.07) is 5.38. The Morgan fingerprint density at radius 1 is 1.64 bits per heavy atom. The number of ether oxygens (including phenoxy) is 1. The van der Waals surface area contributed by atoms with Crippen molar-refractivity contribution in [1.29, 1.82) is 0 Å². The van der Waals surface area contributed by atoms with Crippen LogP contribution < -0.4 is 5.32 Å². The lowest BCUT2D eigenvalue weighted by Crippen LogP contribution is -2.15. The summed E-state index contributed by atoms with van der Waals surface area (Å²) in [4.78, 5) is 10.8. The van der Waals surface area contributed by atoms with Crippen molar-refractivity contribution in [1.82, 2.24) is 0 Å². The largest absolute Gasteiger partial charge is 0.468 e. The first kappa shape index (κ1) is 11.3. The molecule has 0 heterocycles. The minimum atomic E-state index is -0.322. The van der Waals surface area contributed by atoms with E-state index < -0.39 is 0 Å². The quantitative estimate of drug-likeness (QED) is 0.864. The zero-order valence-corrected chi connectivity index (χ0v) is 9.85. The molecule has 0 aliphatic rings. The van der Waals surface area contributed by atoms with E-state index in [-0.39, 0.29) is 12.5 Å². The van der Waals surface area contributed by atoms with Crippen LogP contribution in [0.15, 0.2) is 22.7 Å². The van der Waals surface area contributed by atoms with Gasteiger partial charge in [0.15, 0.2) is 0 Å². The SMILES string of the molecule is COC(=O)CNc1cccc(Cl)c1Br. The number of rotatable bonds is 3. The predicted octanol–water partition coefficient (Wildman–Crippen LogP) is 2.69. The van der Waals surface area contributed by atoms with E-state index in [1.807, 2.05) is 6.07 Å². The van der Waals surface area contributed by atoms with Crippen LogP contribution in [0.5, 0.6) is 0 Å². The molecule has 3 nitrogen and oxygen atoms in total. The second-order valence-corrected chi connectivity index (χ2v) is 3.73. The molecule has 0 aromatic heterocycles. The molecule has 1 rings (SSSR count). The lowest BCUT2D eigenvalue weighted by Gasteiger charge is -2.07. The van der Waals surface area contributed by atoms with E-state index in [2.05, 4.69) is 26.0 Å². The molecular formula is C9H9BrClNO2. The molecule has 0 unspecified atom stereocenters. The molecule has 5 heteroatoms. The van der Waals surface area contributed by atoms with Crippen LogP contribution in [0.25, 0.3) is 0 Å². The van der Waals surface area contributed by atoms with Crippen LogP contribution in [0.3, 0.4) is 0 Å². The molecule has 76 valence electrons. The number of hydrogen-bond donors (Lipinski definition) is 1. The third-order valence-corrected chi connectivity index (χ3v) is 3.00. The van der Waals surface area contributed by atoms with Gasteiger partial charge in [-0.3, -0.25) is 4.79 Å². The molecule has 1 aromatic rings. The third kappa shape index (κ3) is 2.89. The average molecular weight is 279 g/mol. The van der Waals surface area contributed by atoms with Crippen LogP contribution in [-0.4, -0.2) is 19.6 Å². The van der Waals surface area contributed by atoms with Gasteiger partial charge in [-0.2, -0.15) is 0 Å². The van der Waals surface area contributed by atoms with Crippen molar-refractivity contribution in [2.24, 2.45) is 0 Å². The predicted molar refractivity (Wildman–Crippen MR) is 59.7 cm³/mol. The number of benzene rings is 1. The standard InChI is InChI=1S/C9H9BrClNO2/c1-14-8(13)5-12-7-4-2-3-6(11)9(7)10/h2-4,12H,5H2,1H3. The molecule has 0 saturated carbocycles. The van der Waals surface area contributed by atoms with Crippen molar-refractivity contribution in [2.45, 2.75) is 0 Å². The van der Waals surface area contributed by atoms with Gasteiger partial charge in [-0.25, -0.2) is 0 Å². The highest BCUT2D eigenvalue weighted by atomic mass is 79.9. The number of halogens is 2. The Morgan fingerprint density at radius 2 is 2.36 bits per heavy atom. The van der Waals surface area contributed by atoms with Crippen molar-refractivity contribution in [2.75, 3.05) is 19.0 Å². The van der Waals surface area contributed by atoms with Crippen LogP contribution in [-0.2, 0) is 9.53 Å². The average Bonchev–Trinajstić information content (AvgIpc) is 2.20. The fourth-order valence-electron chi connectivity index (χ4n) is 0.880. The van der Waals surface area contributed by atoms with Crippen molar-refractivity contribution in [3.8, 4) is 0 Å². The minimum absolute atomic E-state index is 0.120. The molecule has 14 heavy (non-hydrogen) atoms. The first-order valence-electron chi connectivity index (χ1n) is 3.90. The lowest BCUT2D eigenvalue weighted by molar-refractivity contribution is -0.138. The Morgan fingerprint density at radius 3 is 3.00 bits per heavy atom. The van der Waals surface area contributed by atoms with Gasteiger partial charge < -0.3 is 10.1 Å². The summed E-state index contributed by atoms with van der Waals surface area (Å²) < 4.78 is 5.23. The molecule has 0 radical (unpaired) electrons. The Bertz CT molecular complexity index is 344. The molecule has 0 atom stereocenters. The first-order valence-corrected chi connectivity index (χ1v) is 5.07. The summed E-state index contributed by atoms with van der Waals surface area (Å²) in [6.07, 6.45) is 0. The number of esters is 1. The third-order valence-electron chi connectivity index (χ3n) is 1.60. The minimum Gasteiger partial charge on any atom is -0.468 e. The van der Waals surface area contributed by atoms with Gasteiger partial charge in [-0.1, -0.05) is 17.7 Å². The summed E-state index contributed by atoms with van der Waals surface area (Å²) in [5, 5.41) is 3.50. The second kappa shape index (κ2) is 5.22. The number of carbonyl (C=O) groups excluding carboxylic acids is 1. The van der Waals surface area contributed by atoms with E-state index in [1.54, 1.807) is 12.1 Å². The topological polar surface area (TPSA) is 38.3 Å². The highest BCUT2D eigenvalue weighted by Crippen LogP contribution is 2.29. The van der Waals surface area contributed by atoms with Gasteiger partial charge in [0.05, 0.1) is 22.3 Å². The van der Waals surface area contributed by atoms with Crippen molar-refractivity contribution >= 4 is 39.2 Å². The Kier molecular flexibility index (Phi) is 4.22. The van der Waals surface area contributed by atoms with E-state index >= 15 is 0 Å². The fraction of sp³-hybridized carbons (Fsp3) is 0.222. The molecule has 1 N–H and O–H groups in total. The van der Waals surface area contributed by atoms with Gasteiger partial charge in [-0.05, 0) is 28.1 Å². The Hall–Kier alpha value is -0.740. The van der Waals surface area contributed by atoms with Gasteiger partial charge in [0.2, 0.25) is 0 Å². The number of methoxy groups -OCH3 is 1. The van der Waals surface area contributed by atoms with E-state index in [4.69, 9.17) is 11.6 Å². The van der Waals surface area contributed by atoms with Gasteiger partial charge in [0.25, 0.3) is 0 Å². The summed E-state index contributed by atoms with van der Waals surface area (Å²) in [7, 11) is 1.34. The first-order chi connectivity index (χ1) is 6.65. The molecule has 0 bridgehead atoms. The highest BCUT2D eigenvalue weighted by molar-refractivity contribution is 9.10. The maximum absolute atomic E-state index is 10.8. The maximum atomic E-state index is 10.8. The van der Waals surface area contributed by atoms with Gasteiger partial charge in [0, 0.05) is 0 Å². The molecule has 0 spiro atoms. The molecule has 0 fully saturated rings. The monoisotopic (exact) mass is 277 g/mol. The summed E-state index contributed by atoms with van der Waals surface area (Å²) in [6.45, 7) is 0.120. The van der Waals surface area contributed by atoms with Gasteiger partial charge in [0.1, 0.15) is 6.54 Å². The van der Waals surface area contributed by atoms with Gasteiger partial charge in [-0.15, -0.1) is 0 Å². The Labute approximate surface area is 95.5 Å². The van der Waals surface area contributed by atoms with Crippen LogP contribution in [0, 0.1) is 0 Å². The summed E-state index contributed by atoms with van der Waals surface area (Å²) in [5.41, 5.74) is 0.767. The molecule has 0 amide bonds. The maximum Gasteiger partial charge on any atom is 0.325 e. The second-order valence-electron chi connectivity index (χ2n) is 2.53. The molecule has 1 aromatic carbocycles. The van der Waals surface area contributed by atoms with Crippen molar-refractivity contribution in [3.05, 3.63) is 27.7 Å². The molecule has 0 aliphatic heterocycles. The number of carbonyl (C=O) groups is 1. The molecule has 0 aliphatic carbocycles. The number of anilines is 1. The normalized spacial score (nSPS) is 9.64. The van der Waals surface area contributed by atoms with E-state index in [0.717, 1.165) is 10.2 Å². The van der Waals surface area contributed by atoms with Crippen LogP contribution in [0.2, 0.25) is 5.02 Å². The number of nitrogens with one attached hydrogen (secondary N) is 1. The summed E-state index contributed by atoms with van der Waals surface area (Å²) in [5.74, 6) is -0.322. The lowest BCUT2D eigenvalue weighted by atomic mass is 10.3. The van der Waals surface area contributed by atoms with Crippen molar-refractivity contribution < 1.29 is 9.53 Å². The highest BCUT2D eigenvalue weighted by Gasteiger charge is 2.05. The zero-order chi connectivity index (χ0) is 10.6. The van der Waals surface area contributed by atoms with Crippen LogP contribution >= 0.6 is 27.5 Å². The van der Waals surface area contributed by atoms with Gasteiger partial charge >= 0.3 is 5.97 Å². The smallest absolute Gasteiger partial charge is 0.325 e. The summed E-state index contributed by atoms with van der Waals surface area (Å²) >= 11 is 9.17. The van der Waals surface area contributed by atoms with Crippen molar-refractivity contribution in [3.63, 3.8) is 0 Å². The zero-order valence-electron chi connectivity index (χ0n) is 7.51. The fourth-order valence-corrected chi connectivity index (χ4v) is 1.46. The Balaban J connectivity index is 2.68. The molecule has 0 saturated heterocycles.